The Morgan fingerprint density at radius 1 is 1.53 bits per heavy atom. The SMILES string of the molecule is CC1CCNC(CO)C(=O)N1c1ccccc1C#N. The molecule has 100 valence electrons. The van der Waals surface area contributed by atoms with E-state index in [0.717, 1.165) is 6.42 Å². The third-order valence-electron chi connectivity index (χ3n) is 3.40. The number of aliphatic hydroxyl groups excluding tert-OH is 1. The van der Waals surface area contributed by atoms with Crippen LogP contribution in [0.25, 0.3) is 0 Å². The molecule has 1 heterocycles. The first-order valence-electron chi connectivity index (χ1n) is 6.35. The third kappa shape index (κ3) is 2.60. The van der Waals surface area contributed by atoms with E-state index in [1.54, 1.807) is 23.1 Å². The monoisotopic (exact) mass is 259 g/mol. The van der Waals surface area contributed by atoms with Gasteiger partial charge in [0.1, 0.15) is 12.1 Å². The van der Waals surface area contributed by atoms with Gasteiger partial charge in [0.25, 0.3) is 0 Å². The second kappa shape index (κ2) is 5.83. The van der Waals surface area contributed by atoms with Gasteiger partial charge in [0, 0.05) is 6.04 Å². The van der Waals surface area contributed by atoms with Crippen LogP contribution in [-0.2, 0) is 4.79 Å². The number of amides is 1. The zero-order chi connectivity index (χ0) is 13.8. The quantitative estimate of drug-likeness (QED) is 0.817. The Bertz CT molecular complexity index is 510. The maximum atomic E-state index is 12.4. The molecule has 1 aromatic rings. The molecule has 0 bridgehead atoms. The van der Waals surface area contributed by atoms with Gasteiger partial charge in [-0.05, 0) is 32.0 Å². The Balaban J connectivity index is 2.44. The van der Waals surface area contributed by atoms with Gasteiger partial charge in [0.2, 0.25) is 5.91 Å². The maximum absolute atomic E-state index is 12.4. The van der Waals surface area contributed by atoms with Gasteiger partial charge in [-0.15, -0.1) is 0 Å². The van der Waals surface area contributed by atoms with E-state index in [1.807, 2.05) is 13.0 Å². The molecule has 0 aromatic heterocycles. The summed E-state index contributed by atoms with van der Waals surface area (Å²) in [5.74, 6) is -0.185. The third-order valence-corrected chi connectivity index (χ3v) is 3.40. The van der Waals surface area contributed by atoms with Crippen LogP contribution in [0.4, 0.5) is 5.69 Å². The summed E-state index contributed by atoms with van der Waals surface area (Å²) in [6.45, 7) is 2.38. The van der Waals surface area contributed by atoms with Crippen LogP contribution in [0.15, 0.2) is 24.3 Å². The number of anilines is 1. The van der Waals surface area contributed by atoms with E-state index in [4.69, 9.17) is 5.26 Å². The molecule has 1 fully saturated rings. The first kappa shape index (κ1) is 13.5. The average Bonchev–Trinajstić information content (AvgIpc) is 2.57. The molecule has 0 spiro atoms. The number of nitrogens with zero attached hydrogens (tertiary/aromatic N) is 2. The summed E-state index contributed by atoms with van der Waals surface area (Å²) < 4.78 is 0. The molecule has 19 heavy (non-hydrogen) atoms. The van der Waals surface area contributed by atoms with E-state index in [2.05, 4.69) is 11.4 Å². The number of nitrogens with one attached hydrogen (secondary N) is 1. The smallest absolute Gasteiger partial charge is 0.246 e. The molecule has 2 rings (SSSR count). The molecule has 1 saturated heterocycles. The Labute approximate surface area is 112 Å². The highest BCUT2D eigenvalue weighted by Gasteiger charge is 2.32. The number of nitriles is 1. The van der Waals surface area contributed by atoms with Crippen molar-refractivity contribution in [1.29, 1.82) is 5.26 Å². The van der Waals surface area contributed by atoms with Crippen LogP contribution in [-0.4, -0.2) is 36.2 Å². The first-order valence-corrected chi connectivity index (χ1v) is 6.35. The minimum Gasteiger partial charge on any atom is -0.394 e. The lowest BCUT2D eigenvalue weighted by Crippen LogP contribution is -2.48. The normalized spacial score (nSPS) is 23.8. The fourth-order valence-electron chi connectivity index (χ4n) is 2.35. The predicted octanol–water partition coefficient (Wildman–Crippen LogP) is 0.634. The van der Waals surface area contributed by atoms with Crippen LogP contribution in [0.5, 0.6) is 0 Å². The number of hydrogen-bond donors (Lipinski definition) is 2. The summed E-state index contributed by atoms with van der Waals surface area (Å²) in [5, 5.41) is 21.5. The molecule has 2 atom stereocenters. The summed E-state index contributed by atoms with van der Waals surface area (Å²) >= 11 is 0. The first-order chi connectivity index (χ1) is 9.19. The van der Waals surface area contributed by atoms with Gasteiger partial charge in [0.15, 0.2) is 0 Å². The van der Waals surface area contributed by atoms with E-state index in [1.165, 1.54) is 0 Å². The molecule has 1 amide bonds. The van der Waals surface area contributed by atoms with Crippen LogP contribution in [0.3, 0.4) is 0 Å². The lowest BCUT2D eigenvalue weighted by atomic mass is 10.1. The van der Waals surface area contributed by atoms with Gasteiger partial charge in [-0.1, -0.05) is 12.1 Å². The van der Waals surface area contributed by atoms with Crippen molar-refractivity contribution in [2.24, 2.45) is 0 Å². The van der Waals surface area contributed by atoms with Gasteiger partial charge in [0.05, 0.1) is 17.9 Å². The minimum atomic E-state index is -0.600. The van der Waals surface area contributed by atoms with Crippen molar-refractivity contribution in [2.45, 2.75) is 25.4 Å². The zero-order valence-corrected chi connectivity index (χ0v) is 10.8. The number of carbonyl (C=O) groups is 1. The topological polar surface area (TPSA) is 76.4 Å². The van der Waals surface area contributed by atoms with E-state index in [0.29, 0.717) is 17.8 Å². The molecule has 0 saturated carbocycles. The van der Waals surface area contributed by atoms with Crippen molar-refractivity contribution in [3.63, 3.8) is 0 Å². The van der Waals surface area contributed by atoms with E-state index < -0.39 is 6.04 Å². The highest BCUT2D eigenvalue weighted by atomic mass is 16.3. The van der Waals surface area contributed by atoms with Gasteiger partial charge in [-0.3, -0.25) is 4.79 Å². The van der Waals surface area contributed by atoms with Gasteiger partial charge < -0.3 is 15.3 Å². The molecule has 1 aromatic carbocycles. The van der Waals surface area contributed by atoms with E-state index in [9.17, 15) is 9.90 Å². The molecule has 0 aliphatic carbocycles. The van der Waals surface area contributed by atoms with Crippen molar-refractivity contribution in [2.75, 3.05) is 18.1 Å². The van der Waals surface area contributed by atoms with Crippen LogP contribution in [0.1, 0.15) is 18.9 Å². The second-order valence-electron chi connectivity index (χ2n) is 4.66. The van der Waals surface area contributed by atoms with Crippen molar-refractivity contribution in [3.05, 3.63) is 29.8 Å². The molecule has 5 heteroatoms. The molecular weight excluding hydrogens is 242 g/mol. The molecule has 1 aliphatic heterocycles. The standard InChI is InChI=1S/C14H17N3O2/c1-10-6-7-16-12(9-18)14(19)17(10)13-5-3-2-4-11(13)8-15/h2-5,10,12,16,18H,6-7,9H2,1H3. The highest BCUT2D eigenvalue weighted by Crippen LogP contribution is 2.25. The molecule has 0 radical (unpaired) electrons. The summed E-state index contributed by atoms with van der Waals surface area (Å²) in [6.07, 6.45) is 0.780. The average molecular weight is 259 g/mol. The maximum Gasteiger partial charge on any atom is 0.246 e. The van der Waals surface area contributed by atoms with Gasteiger partial charge >= 0.3 is 0 Å². The van der Waals surface area contributed by atoms with Gasteiger partial charge in [-0.2, -0.15) is 5.26 Å². The number of carbonyl (C=O) groups excluding carboxylic acids is 1. The predicted molar refractivity (Wildman–Crippen MR) is 71.6 cm³/mol. The number of para-hydroxylation sites is 1. The summed E-state index contributed by atoms with van der Waals surface area (Å²) in [6, 6.07) is 8.55. The number of rotatable bonds is 2. The van der Waals surface area contributed by atoms with Crippen LogP contribution < -0.4 is 10.2 Å². The van der Waals surface area contributed by atoms with Crippen molar-refractivity contribution < 1.29 is 9.90 Å². The molecule has 2 unspecified atom stereocenters. The fourth-order valence-corrected chi connectivity index (χ4v) is 2.35. The van der Waals surface area contributed by atoms with Crippen molar-refractivity contribution in [3.8, 4) is 6.07 Å². The Morgan fingerprint density at radius 2 is 2.26 bits per heavy atom. The molecule has 2 N–H and O–H groups in total. The van der Waals surface area contributed by atoms with Crippen LogP contribution in [0.2, 0.25) is 0 Å². The number of benzene rings is 1. The molecule has 1 aliphatic rings. The molecule has 5 nitrogen and oxygen atoms in total. The molecular formula is C14H17N3O2. The summed E-state index contributed by atoms with van der Waals surface area (Å²) in [7, 11) is 0. The Kier molecular flexibility index (Phi) is 4.15. The lowest BCUT2D eigenvalue weighted by Gasteiger charge is -2.29. The van der Waals surface area contributed by atoms with E-state index >= 15 is 0 Å². The van der Waals surface area contributed by atoms with Crippen molar-refractivity contribution >= 4 is 11.6 Å². The summed E-state index contributed by atoms with van der Waals surface area (Å²) in [4.78, 5) is 14.1. The largest absolute Gasteiger partial charge is 0.394 e. The number of hydrogen-bond acceptors (Lipinski definition) is 4. The van der Waals surface area contributed by atoms with Crippen LogP contribution >= 0.6 is 0 Å². The van der Waals surface area contributed by atoms with Gasteiger partial charge in [-0.25, -0.2) is 0 Å². The highest BCUT2D eigenvalue weighted by molar-refractivity contribution is 5.99. The zero-order valence-electron chi connectivity index (χ0n) is 10.8. The van der Waals surface area contributed by atoms with E-state index in [-0.39, 0.29) is 18.6 Å². The van der Waals surface area contributed by atoms with Crippen molar-refractivity contribution in [1.82, 2.24) is 5.32 Å². The summed E-state index contributed by atoms with van der Waals surface area (Å²) in [5.41, 5.74) is 1.09. The minimum absolute atomic E-state index is 0.00829. The fraction of sp³-hybridized carbons (Fsp3) is 0.429. The Morgan fingerprint density at radius 3 is 2.95 bits per heavy atom. The second-order valence-corrected chi connectivity index (χ2v) is 4.66. The lowest BCUT2D eigenvalue weighted by molar-refractivity contribution is -0.121. The Hall–Kier alpha value is -1.90. The number of aliphatic hydroxyl groups is 1. The van der Waals surface area contributed by atoms with Crippen LogP contribution in [0, 0.1) is 11.3 Å².